The minimum atomic E-state index is 0.238. The molecule has 1 saturated heterocycles. The van der Waals surface area contributed by atoms with E-state index < -0.39 is 0 Å². The van der Waals surface area contributed by atoms with Gasteiger partial charge in [0.2, 0.25) is 5.91 Å². The van der Waals surface area contributed by atoms with Crippen LogP contribution in [-0.2, 0) is 11.2 Å². The minimum absolute atomic E-state index is 0.238. The van der Waals surface area contributed by atoms with Crippen molar-refractivity contribution in [2.24, 2.45) is 0 Å². The molecule has 3 rings (SSSR count). The van der Waals surface area contributed by atoms with Gasteiger partial charge in [-0.1, -0.05) is 60.7 Å². The van der Waals surface area contributed by atoms with Gasteiger partial charge in [-0.2, -0.15) is 0 Å². The van der Waals surface area contributed by atoms with Crippen molar-refractivity contribution in [1.29, 1.82) is 0 Å². The number of likely N-dealkylation sites (tertiary alicyclic amines) is 1. The molecule has 0 aromatic heterocycles. The van der Waals surface area contributed by atoms with E-state index in [1.54, 1.807) is 0 Å². The minimum Gasteiger partial charge on any atom is -0.335 e. The molecule has 1 aliphatic heterocycles. The highest BCUT2D eigenvalue weighted by Crippen LogP contribution is 2.32. The Morgan fingerprint density at radius 3 is 2.35 bits per heavy atom. The van der Waals surface area contributed by atoms with Gasteiger partial charge in [-0.05, 0) is 24.0 Å². The van der Waals surface area contributed by atoms with Gasteiger partial charge in [-0.3, -0.25) is 4.79 Å². The summed E-state index contributed by atoms with van der Waals surface area (Å²) in [7, 11) is 0. The first-order chi connectivity index (χ1) is 9.84. The molecular formula is C18H19NO. The molecule has 2 aromatic rings. The van der Waals surface area contributed by atoms with E-state index in [1.807, 2.05) is 53.4 Å². The van der Waals surface area contributed by atoms with Crippen molar-refractivity contribution >= 4 is 5.91 Å². The Kier molecular flexibility index (Phi) is 3.82. The SMILES string of the molecule is O=C(Cc1ccccc1)N1CCC[C@H]1c1ccccc1. The van der Waals surface area contributed by atoms with E-state index in [9.17, 15) is 4.79 Å². The molecule has 0 bridgehead atoms. The first kappa shape index (κ1) is 12.9. The van der Waals surface area contributed by atoms with Gasteiger partial charge in [0.05, 0.1) is 12.5 Å². The van der Waals surface area contributed by atoms with Crippen molar-refractivity contribution in [2.45, 2.75) is 25.3 Å². The fraction of sp³-hybridized carbons (Fsp3) is 0.278. The van der Waals surface area contributed by atoms with Gasteiger partial charge >= 0.3 is 0 Å². The lowest BCUT2D eigenvalue weighted by atomic mass is 10.0. The smallest absolute Gasteiger partial charge is 0.227 e. The Morgan fingerprint density at radius 1 is 1.00 bits per heavy atom. The van der Waals surface area contributed by atoms with Crippen LogP contribution in [0.5, 0.6) is 0 Å². The lowest BCUT2D eigenvalue weighted by Crippen LogP contribution is -2.31. The van der Waals surface area contributed by atoms with E-state index in [-0.39, 0.29) is 11.9 Å². The third-order valence-corrected chi connectivity index (χ3v) is 3.96. The molecule has 2 heteroatoms. The summed E-state index contributed by atoms with van der Waals surface area (Å²) in [5, 5.41) is 0. The Labute approximate surface area is 120 Å². The van der Waals surface area contributed by atoms with E-state index in [4.69, 9.17) is 0 Å². The van der Waals surface area contributed by atoms with Crippen molar-refractivity contribution in [1.82, 2.24) is 4.90 Å². The lowest BCUT2D eigenvalue weighted by Gasteiger charge is -2.25. The maximum atomic E-state index is 12.5. The average molecular weight is 265 g/mol. The fourth-order valence-corrected chi connectivity index (χ4v) is 2.96. The summed E-state index contributed by atoms with van der Waals surface area (Å²) >= 11 is 0. The molecule has 102 valence electrons. The standard InChI is InChI=1S/C18H19NO/c20-18(14-15-8-3-1-4-9-15)19-13-7-12-17(19)16-10-5-2-6-11-16/h1-6,8-11,17H,7,12-14H2/t17-/m0/s1. The number of amides is 1. The van der Waals surface area contributed by atoms with Crippen LogP contribution in [-0.4, -0.2) is 17.4 Å². The predicted octanol–water partition coefficient (Wildman–Crippen LogP) is 3.59. The monoisotopic (exact) mass is 265 g/mol. The average Bonchev–Trinajstić information content (AvgIpc) is 2.99. The molecule has 1 atom stereocenters. The molecule has 0 aliphatic carbocycles. The normalized spacial score (nSPS) is 18.2. The summed E-state index contributed by atoms with van der Waals surface area (Å²) in [6.45, 7) is 0.880. The number of rotatable bonds is 3. The first-order valence-electron chi connectivity index (χ1n) is 7.23. The van der Waals surface area contributed by atoms with E-state index >= 15 is 0 Å². The van der Waals surface area contributed by atoms with Gasteiger partial charge in [0.15, 0.2) is 0 Å². The predicted molar refractivity (Wildman–Crippen MR) is 80.3 cm³/mol. The maximum absolute atomic E-state index is 12.5. The molecule has 0 saturated carbocycles. The second kappa shape index (κ2) is 5.91. The molecule has 20 heavy (non-hydrogen) atoms. The molecule has 2 aromatic carbocycles. The Bertz CT molecular complexity index is 564. The fourth-order valence-electron chi connectivity index (χ4n) is 2.96. The van der Waals surface area contributed by atoms with Crippen LogP contribution in [0.1, 0.15) is 30.0 Å². The van der Waals surface area contributed by atoms with Crippen LogP contribution in [0.25, 0.3) is 0 Å². The third-order valence-electron chi connectivity index (χ3n) is 3.96. The van der Waals surface area contributed by atoms with Crippen LogP contribution < -0.4 is 0 Å². The summed E-state index contributed by atoms with van der Waals surface area (Å²) < 4.78 is 0. The topological polar surface area (TPSA) is 20.3 Å². The molecule has 0 unspecified atom stereocenters. The van der Waals surface area contributed by atoms with Gasteiger partial charge in [-0.15, -0.1) is 0 Å². The molecule has 2 nitrogen and oxygen atoms in total. The molecular weight excluding hydrogens is 246 g/mol. The van der Waals surface area contributed by atoms with Gasteiger partial charge in [-0.25, -0.2) is 0 Å². The van der Waals surface area contributed by atoms with Crippen molar-refractivity contribution in [3.8, 4) is 0 Å². The van der Waals surface area contributed by atoms with Crippen molar-refractivity contribution in [3.63, 3.8) is 0 Å². The van der Waals surface area contributed by atoms with E-state index in [1.165, 1.54) is 5.56 Å². The lowest BCUT2D eigenvalue weighted by molar-refractivity contribution is -0.131. The molecule has 1 amide bonds. The quantitative estimate of drug-likeness (QED) is 0.830. The van der Waals surface area contributed by atoms with Gasteiger partial charge in [0.1, 0.15) is 0 Å². The summed E-state index contributed by atoms with van der Waals surface area (Å²) in [5.41, 5.74) is 2.35. The zero-order valence-electron chi connectivity index (χ0n) is 11.5. The largest absolute Gasteiger partial charge is 0.335 e. The van der Waals surface area contributed by atoms with Crippen LogP contribution in [0.4, 0.5) is 0 Å². The van der Waals surface area contributed by atoms with Gasteiger partial charge in [0, 0.05) is 6.54 Å². The number of hydrogen-bond donors (Lipinski definition) is 0. The number of carbonyl (C=O) groups is 1. The molecule has 0 radical (unpaired) electrons. The van der Waals surface area contributed by atoms with E-state index in [0.717, 1.165) is 24.9 Å². The van der Waals surface area contributed by atoms with Crippen LogP contribution in [0.15, 0.2) is 60.7 Å². The van der Waals surface area contributed by atoms with E-state index in [2.05, 4.69) is 12.1 Å². The van der Waals surface area contributed by atoms with Crippen LogP contribution >= 0.6 is 0 Å². The van der Waals surface area contributed by atoms with Crippen LogP contribution in [0.2, 0.25) is 0 Å². The summed E-state index contributed by atoms with van der Waals surface area (Å²) in [6, 6.07) is 20.6. The van der Waals surface area contributed by atoms with Gasteiger partial charge in [0.25, 0.3) is 0 Å². The zero-order valence-corrected chi connectivity index (χ0v) is 11.5. The van der Waals surface area contributed by atoms with Crippen molar-refractivity contribution in [3.05, 3.63) is 71.8 Å². The summed E-state index contributed by atoms with van der Waals surface area (Å²) in [6.07, 6.45) is 2.68. The van der Waals surface area contributed by atoms with Gasteiger partial charge < -0.3 is 4.90 Å². The molecule has 1 heterocycles. The molecule has 0 spiro atoms. The highest BCUT2D eigenvalue weighted by atomic mass is 16.2. The molecule has 1 fully saturated rings. The zero-order chi connectivity index (χ0) is 13.8. The van der Waals surface area contributed by atoms with Crippen molar-refractivity contribution < 1.29 is 4.79 Å². The van der Waals surface area contributed by atoms with Crippen LogP contribution in [0, 0.1) is 0 Å². The number of benzene rings is 2. The van der Waals surface area contributed by atoms with E-state index in [0.29, 0.717) is 6.42 Å². The first-order valence-corrected chi connectivity index (χ1v) is 7.23. The highest BCUT2D eigenvalue weighted by molar-refractivity contribution is 5.79. The third kappa shape index (κ3) is 2.74. The molecule has 0 N–H and O–H groups in total. The highest BCUT2D eigenvalue weighted by Gasteiger charge is 2.29. The summed E-state index contributed by atoms with van der Waals surface area (Å²) in [4.78, 5) is 14.6. The maximum Gasteiger partial charge on any atom is 0.227 e. The number of nitrogens with zero attached hydrogens (tertiary/aromatic N) is 1. The Balaban J connectivity index is 1.74. The summed E-state index contributed by atoms with van der Waals surface area (Å²) in [5.74, 6) is 0.238. The van der Waals surface area contributed by atoms with Crippen LogP contribution in [0.3, 0.4) is 0 Å². The molecule has 1 aliphatic rings. The second-order valence-corrected chi connectivity index (χ2v) is 5.32. The number of hydrogen-bond acceptors (Lipinski definition) is 1. The van der Waals surface area contributed by atoms with Crippen molar-refractivity contribution in [2.75, 3.05) is 6.54 Å². The number of carbonyl (C=O) groups excluding carboxylic acids is 1. The Morgan fingerprint density at radius 2 is 1.65 bits per heavy atom. The Hall–Kier alpha value is -2.09. The second-order valence-electron chi connectivity index (χ2n) is 5.32.